The Morgan fingerprint density at radius 2 is 2.04 bits per heavy atom. The highest BCUT2D eigenvalue weighted by Gasteiger charge is 2.20. The highest BCUT2D eigenvalue weighted by molar-refractivity contribution is 5.94. The lowest BCUT2D eigenvalue weighted by Gasteiger charge is -2.32. The summed E-state index contributed by atoms with van der Waals surface area (Å²) in [5.74, 6) is 1.29. The van der Waals surface area contributed by atoms with Gasteiger partial charge in [0.15, 0.2) is 0 Å². The zero-order valence-corrected chi connectivity index (χ0v) is 15.9. The number of rotatable bonds is 6. The monoisotopic (exact) mass is 360 g/mol. The number of aliphatic hydroxyl groups excluding tert-OH is 1. The quantitative estimate of drug-likeness (QED) is 0.811. The maximum absolute atomic E-state index is 12.3. The second kappa shape index (κ2) is 9.33. The highest BCUT2D eigenvalue weighted by atomic mass is 16.3. The molecule has 0 aliphatic carbocycles. The van der Waals surface area contributed by atoms with Crippen LogP contribution in [0, 0.1) is 5.92 Å². The maximum Gasteiger partial charge on any atom is 0.252 e. The van der Waals surface area contributed by atoms with Crippen molar-refractivity contribution >= 4 is 11.7 Å². The average Bonchev–Trinajstić information content (AvgIpc) is 2.69. The lowest BCUT2D eigenvalue weighted by molar-refractivity contribution is 0.0945. The molecular formula is C20H32N4O2. The Hall–Kier alpha value is -1.66. The zero-order valence-electron chi connectivity index (χ0n) is 15.9. The topological polar surface area (TPSA) is 68.7 Å². The van der Waals surface area contributed by atoms with Crippen LogP contribution in [0.2, 0.25) is 0 Å². The number of nitrogens with one attached hydrogen (secondary N) is 1. The van der Waals surface area contributed by atoms with E-state index >= 15 is 0 Å². The first-order chi connectivity index (χ1) is 12.7. The number of carbonyl (C=O) groups excluding carboxylic acids is 1. The fraction of sp³-hybridized carbons (Fsp3) is 0.700. The molecule has 1 amide bonds. The SMILES string of the molecule is CN1CCCC[C@@H]1CCNC(=O)c1ccc(N2CCC(CO)CC2)nc1. The van der Waals surface area contributed by atoms with E-state index in [1.807, 2.05) is 12.1 Å². The number of piperidine rings is 2. The fourth-order valence-electron chi connectivity index (χ4n) is 4.02. The molecule has 0 spiro atoms. The molecule has 3 heterocycles. The van der Waals surface area contributed by atoms with Crippen LogP contribution in [0.1, 0.15) is 48.9 Å². The molecule has 2 aliphatic rings. The first kappa shape index (κ1) is 19.1. The number of hydrogen-bond acceptors (Lipinski definition) is 5. The van der Waals surface area contributed by atoms with Crippen LogP contribution in [0.4, 0.5) is 5.82 Å². The van der Waals surface area contributed by atoms with Gasteiger partial charge in [0.1, 0.15) is 5.82 Å². The van der Waals surface area contributed by atoms with Crippen molar-refractivity contribution in [2.75, 3.05) is 44.7 Å². The molecule has 0 bridgehead atoms. The van der Waals surface area contributed by atoms with Gasteiger partial charge in [-0.05, 0) is 63.7 Å². The Balaban J connectivity index is 1.45. The number of pyridine rings is 1. The lowest BCUT2D eigenvalue weighted by atomic mass is 9.98. The maximum atomic E-state index is 12.3. The molecule has 144 valence electrons. The Morgan fingerprint density at radius 3 is 2.69 bits per heavy atom. The van der Waals surface area contributed by atoms with E-state index in [0.717, 1.165) is 38.2 Å². The van der Waals surface area contributed by atoms with Crippen molar-refractivity contribution < 1.29 is 9.90 Å². The van der Waals surface area contributed by atoms with Crippen LogP contribution in [0.3, 0.4) is 0 Å². The Morgan fingerprint density at radius 1 is 1.23 bits per heavy atom. The molecule has 2 N–H and O–H groups in total. The number of nitrogens with zero attached hydrogens (tertiary/aromatic N) is 3. The van der Waals surface area contributed by atoms with Crippen LogP contribution >= 0.6 is 0 Å². The first-order valence-electron chi connectivity index (χ1n) is 9.97. The second-order valence-corrected chi connectivity index (χ2v) is 7.69. The number of carbonyl (C=O) groups is 1. The van der Waals surface area contributed by atoms with Crippen molar-refractivity contribution in [3.05, 3.63) is 23.9 Å². The number of anilines is 1. The van der Waals surface area contributed by atoms with Gasteiger partial charge in [0, 0.05) is 38.5 Å². The van der Waals surface area contributed by atoms with E-state index in [1.54, 1.807) is 6.20 Å². The lowest BCUT2D eigenvalue weighted by Crippen LogP contribution is -2.39. The second-order valence-electron chi connectivity index (χ2n) is 7.69. The third-order valence-corrected chi connectivity index (χ3v) is 5.89. The van der Waals surface area contributed by atoms with Gasteiger partial charge < -0.3 is 20.2 Å². The Bertz CT molecular complexity index is 570. The molecule has 1 aromatic rings. The van der Waals surface area contributed by atoms with Crippen molar-refractivity contribution in [3.63, 3.8) is 0 Å². The smallest absolute Gasteiger partial charge is 0.252 e. The van der Waals surface area contributed by atoms with Crippen LogP contribution in [0.25, 0.3) is 0 Å². The molecule has 2 fully saturated rings. The predicted octanol–water partition coefficient (Wildman–Crippen LogP) is 1.89. The molecule has 0 saturated carbocycles. The molecule has 3 rings (SSSR count). The van der Waals surface area contributed by atoms with Crippen molar-refractivity contribution in [1.29, 1.82) is 0 Å². The molecule has 6 nitrogen and oxygen atoms in total. The Kier molecular flexibility index (Phi) is 6.86. The van der Waals surface area contributed by atoms with Gasteiger partial charge in [0.2, 0.25) is 0 Å². The molecule has 26 heavy (non-hydrogen) atoms. The molecule has 0 unspecified atom stereocenters. The van der Waals surface area contributed by atoms with Gasteiger partial charge in [0.25, 0.3) is 5.91 Å². The molecule has 6 heteroatoms. The van der Waals surface area contributed by atoms with Crippen LogP contribution in [0.5, 0.6) is 0 Å². The first-order valence-corrected chi connectivity index (χ1v) is 9.97. The molecular weight excluding hydrogens is 328 g/mol. The van der Waals surface area contributed by atoms with Gasteiger partial charge >= 0.3 is 0 Å². The van der Waals surface area contributed by atoms with E-state index in [0.29, 0.717) is 24.1 Å². The summed E-state index contributed by atoms with van der Waals surface area (Å²) in [5, 5.41) is 12.3. The number of hydrogen-bond donors (Lipinski definition) is 2. The summed E-state index contributed by atoms with van der Waals surface area (Å²) in [6.45, 7) is 3.98. The minimum atomic E-state index is -0.0403. The van der Waals surface area contributed by atoms with Gasteiger partial charge in [-0.25, -0.2) is 4.98 Å². The van der Waals surface area contributed by atoms with E-state index in [4.69, 9.17) is 0 Å². The highest BCUT2D eigenvalue weighted by Crippen LogP contribution is 2.21. The summed E-state index contributed by atoms with van der Waals surface area (Å²) in [6, 6.07) is 4.39. The number of amides is 1. The predicted molar refractivity (Wildman–Crippen MR) is 103 cm³/mol. The normalized spacial score (nSPS) is 22.4. The van der Waals surface area contributed by atoms with E-state index in [1.165, 1.54) is 25.8 Å². The third-order valence-electron chi connectivity index (χ3n) is 5.89. The minimum Gasteiger partial charge on any atom is -0.396 e. The Labute approximate surface area is 156 Å². The van der Waals surface area contributed by atoms with Crippen molar-refractivity contribution in [2.45, 2.75) is 44.6 Å². The largest absolute Gasteiger partial charge is 0.396 e. The van der Waals surface area contributed by atoms with Gasteiger partial charge in [-0.1, -0.05) is 6.42 Å². The van der Waals surface area contributed by atoms with Crippen molar-refractivity contribution in [2.24, 2.45) is 5.92 Å². The van der Waals surface area contributed by atoms with Gasteiger partial charge in [-0.3, -0.25) is 4.79 Å². The standard InChI is InChI=1S/C20H32N4O2/c1-23-11-3-2-4-18(23)7-10-21-20(26)17-5-6-19(22-14-17)24-12-8-16(15-25)9-13-24/h5-6,14,16,18,25H,2-4,7-13,15H2,1H3,(H,21,26)/t18-/m1/s1. The molecule has 0 aromatic carbocycles. The number of aliphatic hydroxyl groups is 1. The van der Waals surface area contributed by atoms with Crippen LogP contribution in [-0.4, -0.2) is 66.8 Å². The molecule has 1 aromatic heterocycles. The van der Waals surface area contributed by atoms with Crippen LogP contribution < -0.4 is 10.2 Å². The molecule has 0 radical (unpaired) electrons. The third kappa shape index (κ3) is 4.95. The van der Waals surface area contributed by atoms with E-state index in [-0.39, 0.29) is 12.5 Å². The molecule has 2 saturated heterocycles. The number of aromatic nitrogens is 1. The summed E-state index contributed by atoms with van der Waals surface area (Å²) in [4.78, 5) is 21.4. The van der Waals surface area contributed by atoms with E-state index in [2.05, 4.69) is 27.1 Å². The summed E-state index contributed by atoms with van der Waals surface area (Å²) >= 11 is 0. The minimum absolute atomic E-state index is 0.0403. The summed E-state index contributed by atoms with van der Waals surface area (Å²) in [7, 11) is 2.18. The molecule has 2 aliphatic heterocycles. The number of likely N-dealkylation sites (tertiary alicyclic amines) is 1. The van der Waals surface area contributed by atoms with Gasteiger partial charge in [-0.15, -0.1) is 0 Å². The van der Waals surface area contributed by atoms with Gasteiger partial charge in [0.05, 0.1) is 5.56 Å². The van der Waals surface area contributed by atoms with Crippen molar-refractivity contribution in [3.8, 4) is 0 Å². The fourth-order valence-corrected chi connectivity index (χ4v) is 4.02. The van der Waals surface area contributed by atoms with Gasteiger partial charge in [-0.2, -0.15) is 0 Å². The van der Waals surface area contributed by atoms with E-state index < -0.39 is 0 Å². The molecule has 1 atom stereocenters. The van der Waals surface area contributed by atoms with Crippen LogP contribution in [-0.2, 0) is 0 Å². The summed E-state index contributed by atoms with van der Waals surface area (Å²) in [6.07, 6.45) is 8.49. The summed E-state index contributed by atoms with van der Waals surface area (Å²) in [5.41, 5.74) is 0.621. The van der Waals surface area contributed by atoms with Crippen molar-refractivity contribution in [1.82, 2.24) is 15.2 Å². The zero-order chi connectivity index (χ0) is 18.4. The average molecular weight is 361 g/mol. The van der Waals surface area contributed by atoms with Crippen LogP contribution in [0.15, 0.2) is 18.3 Å². The summed E-state index contributed by atoms with van der Waals surface area (Å²) < 4.78 is 0. The van der Waals surface area contributed by atoms with E-state index in [9.17, 15) is 9.90 Å².